The molecule has 5 saturated heterocycles. The average molecular weight is 757 g/mol. The molecule has 206 valence electrons. The van der Waals surface area contributed by atoms with Gasteiger partial charge in [-0.15, -0.1) is 6.58 Å². The molecule has 0 aliphatic carbocycles. The molecule has 12 heteroatoms. The van der Waals surface area contributed by atoms with E-state index >= 15 is 0 Å². The van der Waals surface area contributed by atoms with E-state index in [1.54, 1.807) is 26.8 Å². The Hall–Kier alpha value is 0.437. The first-order valence-corrected chi connectivity index (χ1v) is 26.4. The number of hydrogen-bond acceptors (Lipinski definition) is 8. The summed E-state index contributed by atoms with van der Waals surface area (Å²) in [6, 6.07) is 0. The molecule has 5 heterocycles. The van der Waals surface area contributed by atoms with E-state index in [4.69, 9.17) is 14.2 Å². The predicted molar refractivity (Wildman–Crippen MR) is 145 cm³/mol. The first-order chi connectivity index (χ1) is 17.9. The van der Waals surface area contributed by atoms with Gasteiger partial charge in [-0.1, -0.05) is 6.08 Å². The molecule has 0 N–H and O–H groups in total. The Labute approximate surface area is 257 Å². The monoisotopic (exact) mass is 752 g/mol. The fourth-order valence-electron chi connectivity index (χ4n) is 4.80. The summed E-state index contributed by atoms with van der Waals surface area (Å²) in [6.45, 7) is 21.2. The van der Waals surface area contributed by atoms with Crippen molar-refractivity contribution < 1.29 is 61.3 Å². The second-order valence-corrected chi connectivity index (χ2v) is 8.09. The van der Waals surface area contributed by atoms with Crippen molar-refractivity contribution in [2.45, 2.75) is 89.8 Å². The van der Waals surface area contributed by atoms with Crippen LogP contribution in [0.15, 0.2) is 12.7 Å². The molecule has 5 aliphatic rings. The van der Waals surface area contributed by atoms with Crippen molar-refractivity contribution in [3.05, 3.63) is 26.5 Å². The molecular formula is C25H42Br2N2O6Zn2. The van der Waals surface area contributed by atoms with Gasteiger partial charge in [0.2, 0.25) is 0 Å². The van der Waals surface area contributed by atoms with Crippen LogP contribution in [0.2, 0.25) is 0 Å². The van der Waals surface area contributed by atoms with E-state index in [0.29, 0.717) is 6.42 Å². The third kappa shape index (κ3) is 10.1. The zero-order valence-electron chi connectivity index (χ0n) is 23.0. The Morgan fingerprint density at radius 2 is 1.22 bits per heavy atom. The van der Waals surface area contributed by atoms with Crippen LogP contribution in [-0.4, -0.2) is 77.9 Å². The molecule has 5 fully saturated rings. The Kier molecular flexibility index (Phi) is 23.7. The van der Waals surface area contributed by atoms with Gasteiger partial charge in [0.25, 0.3) is 0 Å². The molecule has 8 nitrogen and oxygen atoms in total. The molecule has 0 saturated carbocycles. The van der Waals surface area contributed by atoms with Crippen LogP contribution in [0.5, 0.6) is 0 Å². The molecular weight excluding hydrogens is 715 g/mol. The van der Waals surface area contributed by atoms with Crippen molar-refractivity contribution in [2.75, 3.05) is 26.3 Å². The van der Waals surface area contributed by atoms with Crippen molar-refractivity contribution >= 4 is 45.5 Å². The number of ether oxygens (including phenoxy) is 3. The normalized spacial score (nSPS) is 30.6. The zero-order chi connectivity index (χ0) is 29.1. The van der Waals surface area contributed by atoms with Crippen LogP contribution < -0.4 is 0 Å². The molecule has 0 radical (unpaired) electrons. The molecule has 0 aromatic heterocycles. The quantitative estimate of drug-likeness (QED) is 0.0974. The van der Waals surface area contributed by atoms with Crippen LogP contribution in [0, 0.1) is 13.8 Å². The van der Waals surface area contributed by atoms with E-state index in [1.165, 1.54) is 45.5 Å². The molecule has 4 atom stereocenters. The summed E-state index contributed by atoms with van der Waals surface area (Å²) in [6.07, 6.45) is 8.14. The fraction of sp³-hybridized carbons (Fsp3) is 0.720. The third-order valence-electron chi connectivity index (χ3n) is 6.44. The van der Waals surface area contributed by atoms with E-state index in [9.17, 15) is 14.4 Å². The molecule has 5 rings (SSSR count). The van der Waals surface area contributed by atoms with Crippen LogP contribution in [0.3, 0.4) is 0 Å². The zero-order valence-corrected chi connectivity index (χ0v) is 32.1. The second-order valence-electron chi connectivity index (χ2n) is 8.09. The third-order valence-corrected chi connectivity index (χ3v) is 6.44. The van der Waals surface area contributed by atoms with E-state index in [0.717, 1.165) is 51.9 Å². The van der Waals surface area contributed by atoms with Gasteiger partial charge in [-0.2, -0.15) is 13.8 Å². The molecule has 5 aliphatic heterocycles. The molecule has 0 aromatic rings. The summed E-state index contributed by atoms with van der Waals surface area (Å²) >= 11 is 8.50. The van der Waals surface area contributed by atoms with Gasteiger partial charge in [-0.25, -0.2) is 19.4 Å². The minimum atomic E-state index is -0.931. The summed E-state index contributed by atoms with van der Waals surface area (Å²) in [5.41, 5.74) is -1.42. The molecule has 37 heavy (non-hydrogen) atoms. The molecule has 0 bridgehead atoms. The van der Waals surface area contributed by atoms with Crippen LogP contribution in [0.1, 0.15) is 66.2 Å². The topological polar surface area (TPSA) is 85.4 Å². The van der Waals surface area contributed by atoms with Gasteiger partial charge < -0.3 is 32.9 Å². The van der Waals surface area contributed by atoms with Crippen molar-refractivity contribution in [1.82, 2.24) is 9.80 Å². The minimum absolute atomic E-state index is 0.0713. The van der Waals surface area contributed by atoms with Gasteiger partial charge in [-0.3, -0.25) is 0 Å². The number of carbonyl (C=O) groups is 3. The van der Waals surface area contributed by atoms with Gasteiger partial charge in [-0.05, 0) is 52.4 Å². The van der Waals surface area contributed by atoms with Gasteiger partial charge in [0.1, 0.15) is 5.54 Å². The van der Waals surface area contributed by atoms with Crippen LogP contribution in [0.25, 0.3) is 0 Å². The number of fused-ring (bicyclic) bond motifs is 2. The van der Waals surface area contributed by atoms with Crippen LogP contribution >= 0.6 is 27.2 Å². The van der Waals surface area contributed by atoms with Crippen LogP contribution in [-0.2, 0) is 61.3 Å². The maximum absolute atomic E-state index is 11.5. The van der Waals surface area contributed by atoms with Crippen molar-refractivity contribution in [1.29, 1.82) is 0 Å². The number of cyclic esters (lactones) is 2. The number of carbonyl (C=O) groups excluding carboxylic acids is 3. The molecule has 0 spiro atoms. The Morgan fingerprint density at radius 1 is 0.838 bits per heavy atom. The van der Waals surface area contributed by atoms with E-state index in [1.807, 2.05) is 11.8 Å². The van der Waals surface area contributed by atoms with E-state index in [2.05, 4.69) is 52.6 Å². The van der Waals surface area contributed by atoms with Gasteiger partial charge in [0, 0.05) is 26.3 Å². The van der Waals surface area contributed by atoms with Gasteiger partial charge >= 0.3 is 71.9 Å². The number of halogens is 2. The first-order valence-electron chi connectivity index (χ1n) is 12.5. The number of aldehydes is 1. The van der Waals surface area contributed by atoms with Crippen LogP contribution in [0.4, 0.5) is 0 Å². The van der Waals surface area contributed by atoms with Gasteiger partial charge in [0.15, 0.2) is 24.3 Å². The van der Waals surface area contributed by atoms with Crippen molar-refractivity contribution in [2.24, 2.45) is 0 Å². The van der Waals surface area contributed by atoms with E-state index < -0.39 is 11.1 Å². The summed E-state index contributed by atoms with van der Waals surface area (Å²) in [7, 11) is 0. The Morgan fingerprint density at radius 3 is 1.51 bits per heavy atom. The first kappa shape index (κ1) is 39.6. The summed E-state index contributed by atoms with van der Waals surface area (Å²) in [4.78, 5) is 37.6. The standard InChI is InChI=1S/C9H13NO2.C8H11NO3.C4H8O.2C2H5.2BrH.2Zn/c1-3-9-5-4-6-10(9)7(2)12-8(9)11;1-6-9-4-2-3-8(9,5-10)7(11)12-6;1-2-4-5-3-1;2*1-2;;;;/h3,7H,1,4-6H2,2H3;5-6H,2-4H2,1H3;1-4H2;2*1H2,2H3;2*1H;;/q;;;2*-1;;;2*+2/p-2/t7-,9+;6-,8-;;;;;;;/m11......./s1. The molecule has 0 aromatic carbocycles. The average Bonchev–Trinajstić information content (AvgIpc) is 3.78. The molecule has 0 amide bonds. The summed E-state index contributed by atoms with van der Waals surface area (Å²) < 4.78 is 15.1. The predicted octanol–water partition coefficient (Wildman–Crippen LogP) is 5.00. The number of hydrogen-bond donors (Lipinski definition) is 0. The SMILES string of the molecule is C1CCOC1.C=C[C@@]12CCCN1[C@@H](C)OC2=O.C[C@H]1OC(=O)[C@]2(C=O)CCCN12.[CH2-]C.[CH2-]C.[Zn+][Br].[Zn+][Br]. The summed E-state index contributed by atoms with van der Waals surface area (Å²) in [5.74, 6) is -0.495. The van der Waals surface area contributed by atoms with E-state index in [-0.39, 0.29) is 24.4 Å². The van der Waals surface area contributed by atoms with Crippen molar-refractivity contribution in [3.8, 4) is 0 Å². The number of rotatable bonds is 2. The number of nitrogens with zero attached hydrogens (tertiary/aromatic N) is 2. The van der Waals surface area contributed by atoms with Gasteiger partial charge in [0.05, 0.1) is 0 Å². The maximum atomic E-state index is 11.5. The number of esters is 2. The second kappa shape index (κ2) is 22.2. The van der Waals surface area contributed by atoms with Crippen molar-refractivity contribution in [3.63, 3.8) is 0 Å². The molecule has 0 unspecified atom stereocenters. The fourth-order valence-corrected chi connectivity index (χ4v) is 4.80. The Bertz CT molecular complexity index is 617. The Balaban J connectivity index is 0. The summed E-state index contributed by atoms with van der Waals surface area (Å²) in [5, 5.41) is 0.